The summed E-state index contributed by atoms with van der Waals surface area (Å²) in [7, 11) is 0. The van der Waals surface area contributed by atoms with Crippen molar-refractivity contribution in [3.8, 4) is 0 Å². The number of halogens is 2. The molecule has 4 aromatic rings. The molecule has 1 aliphatic rings. The molecule has 0 radical (unpaired) electrons. The van der Waals surface area contributed by atoms with Crippen molar-refractivity contribution >= 4 is 52.0 Å². The predicted molar refractivity (Wildman–Crippen MR) is 125 cm³/mol. The molecule has 8 heteroatoms. The first-order valence-corrected chi connectivity index (χ1v) is 10.5. The Hall–Kier alpha value is -3.61. The first-order valence-electron chi connectivity index (χ1n) is 9.79. The highest BCUT2D eigenvalue weighted by molar-refractivity contribution is 6.42. The van der Waals surface area contributed by atoms with Crippen LogP contribution in [-0.4, -0.2) is 26.8 Å². The molecular formula is C24H16Cl2N4O2. The molecule has 0 saturated heterocycles. The summed E-state index contributed by atoms with van der Waals surface area (Å²) < 4.78 is 6.15. The number of amides is 1. The molecule has 0 saturated carbocycles. The fourth-order valence-electron chi connectivity index (χ4n) is 3.49. The van der Waals surface area contributed by atoms with E-state index in [-0.39, 0.29) is 5.91 Å². The van der Waals surface area contributed by atoms with Gasteiger partial charge >= 0.3 is 0 Å². The minimum atomic E-state index is -0.735. The largest absolute Gasteiger partial charge is 0.446 e. The number of benzene rings is 2. The van der Waals surface area contributed by atoms with Crippen molar-refractivity contribution in [2.45, 2.75) is 6.23 Å². The van der Waals surface area contributed by atoms with Gasteiger partial charge in [-0.3, -0.25) is 9.78 Å². The van der Waals surface area contributed by atoms with E-state index < -0.39 is 6.23 Å². The summed E-state index contributed by atoms with van der Waals surface area (Å²) in [5, 5.41) is 7.55. The maximum Gasteiger partial charge on any atom is 0.270 e. The molecule has 1 unspecified atom stereocenters. The number of ether oxygens (including phenoxy) is 1. The molecule has 2 aromatic heterocycles. The Kier molecular flexibility index (Phi) is 5.39. The molecule has 5 rings (SSSR count). The average molecular weight is 463 g/mol. The highest BCUT2D eigenvalue weighted by atomic mass is 35.5. The Labute approximate surface area is 193 Å². The quantitative estimate of drug-likeness (QED) is 0.389. The van der Waals surface area contributed by atoms with E-state index in [1.165, 1.54) is 11.1 Å². The third-order valence-corrected chi connectivity index (χ3v) is 5.90. The van der Waals surface area contributed by atoms with Crippen LogP contribution in [-0.2, 0) is 9.53 Å². The number of nitrogens with one attached hydrogen (secondary N) is 1. The maximum absolute atomic E-state index is 13.2. The second-order valence-electron chi connectivity index (χ2n) is 7.06. The van der Waals surface area contributed by atoms with E-state index in [0.29, 0.717) is 21.5 Å². The number of aromatic nitrogens is 2. The molecular weight excluding hydrogens is 447 g/mol. The van der Waals surface area contributed by atoms with Crippen LogP contribution in [0.25, 0.3) is 17.0 Å². The molecule has 1 aliphatic heterocycles. The lowest BCUT2D eigenvalue weighted by atomic mass is 10.1. The van der Waals surface area contributed by atoms with Crippen LogP contribution in [0.2, 0.25) is 10.0 Å². The number of rotatable bonds is 4. The van der Waals surface area contributed by atoms with Crippen LogP contribution in [0.5, 0.6) is 0 Å². The van der Waals surface area contributed by atoms with Crippen molar-refractivity contribution in [2.24, 2.45) is 5.10 Å². The van der Waals surface area contributed by atoms with Crippen molar-refractivity contribution in [1.82, 2.24) is 15.0 Å². The first kappa shape index (κ1) is 20.3. The van der Waals surface area contributed by atoms with Crippen LogP contribution >= 0.6 is 23.2 Å². The van der Waals surface area contributed by atoms with Gasteiger partial charge in [0.15, 0.2) is 0 Å². The molecule has 32 heavy (non-hydrogen) atoms. The summed E-state index contributed by atoms with van der Waals surface area (Å²) in [6.45, 7) is 0. The summed E-state index contributed by atoms with van der Waals surface area (Å²) in [5.41, 5.74) is 3.10. The van der Waals surface area contributed by atoms with Gasteiger partial charge in [0.25, 0.3) is 5.91 Å². The summed E-state index contributed by atoms with van der Waals surface area (Å²) in [6.07, 6.45) is 7.41. The summed E-state index contributed by atoms with van der Waals surface area (Å²) in [5.74, 6) is -0.0226. The first-order chi connectivity index (χ1) is 15.6. The molecule has 2 aromatic carbocycles. The number of H-pyrrole nitrogens is 1. The molecule has 158 valence electrons. The van der Waals surface area contributed by atoms with E-state index in [4.69, 9.17) is 27.9 Å². The average Bonchev–Trinajstić information content (AvgIpc) is 3.45. The van der Waals surface area contributed by atoms with Crippen LogP contribution in [0.4, 0.5) is 0 Å². The SMILES string of the molecule is O=C(/C=C\c1cccc(Cl)c1Cl)N1N=C(c2ccncc2)OC1c1c[nH]c2ccccc12. The van der Waals surface area contributed by atoms with Crippen molar-refractivity contribution in [3.63, 3.8) is 0 Å². The van der Waals surface area contributed by atoms with E-state index in [1.54, 1.807) is 48.8 Å². The van der Waals surface area contributed by atoms with Gasteiger partial charge in [0.2, 0.25) is 12.1 Å². The number of aromatic amines is 1. The smallest absolute Gasteiger partial charge is 0.270 e. The number of carbonyl (C=O) groups is 1. The number of para-hydroxylation sites is 1. The number of hydrogen-bond acceptors (Lipinski definition) is 4. The number of carbonyl (C=O) groups excluding carboxylic acids is 1. The molecule has 0 spiro atoms. The lowest BCUT2D eigenvalue weighted by molar-refractivity contribution is -0.132. The monoisotopic (exact) mass is 462 g/mol. The molecule has 6 nitrogen and oxygen atoms in total. The van der Waals surface area contributed by atoms with Gasteiger partial charge in [-0.1, -0.05) is 53.5 Å². The number of nitrogens with zero attached hydrogens (tertiary/aromatic N) is 3. The Morgan fingerprint density at radius 2 is 1.88 bits per heavy atom. The van der Waals surface area contributed by atoms with Crippen molar-refractivity contribution in [1.29, 1.82) is 0 Å². The van der Waals surface area contributed by atoms with Gasteiger partial charge in [-0.15, -0.1) is 5.10 Å². The number of pyridine rings is 1. The van der Waals surface area contributed by atoms with Gasteiger partial charge in [-0.25, -0.2) is 0 Å². The zero-order valence-corrected chi connectivity index (χ0v) is 18.1. The predicted octanol–water partition coefficient (Wildman–Crippen LogP) is 5.80. The van der Waals surface area contributed by atoms with Crippen molar-refractivity contribution in [3.05, 3.63) is 106 Å². The Morgan fingerprint density at radius 3 is 2.72 bits per heavy atom. The third-order valence-electron chi connectivity index (χ3n) is 5.07. The molecule has 1 N–H and O–H groups in total. The maximum atomic E-state index is 13.2. The normalized spacial score (nSPS) is 15.9. The lowest BCUT2D eigenvalue weighted by Crippen LogP contribution is -2.26. The highest BCUT2D eigenvalue weighted by Crippen LogP contribution is 2.35. The van der Waals surface area contributed by atoms with Crippen LogP contribution in [0.1, 0.15) is 22.9 Å². The Balaban J connectivity index is 1.52. The van der Waals surface area contributed by atoms with Crippen LogP contribution < -0.4 is 0 Å². The topological polar surface area (TPSA) is 70.6 Å². The summed E-state index contributed by atoms with van der Waals surface area (Å²) in [6, 6.07) is 16.6. The van der Waals surface area contributed by atoms with Gasteiger partial charge in [0.1, 0.15) is 0 Å². The van der Waals surface area contributed by atoms with E-state index in [0.717, 1.165) is 22.0 Å². The van der Waals surface area contributed by atoms with E-state index >= 15 is 0 Å². The second kappa shape index (κ2) is 8.49. The minimum absolute atomic E-state index is 0.338. The molecule has 1 atom stereocenters. The van der Waals surface area contributed by atoms with Gasteiger partial charge < -0.3 is 9.72 Å². The molecule has 0 fully saturated rings. The number of hydrogen-bond donors (Lipinski definition) is 1. The summed E-state index contributed by atoms with van der Waals surface area (Å²) >= 11 is 12.3. The van der Waals surface area contributed by atoms with E-state index in [9.17, 15) is 4.79 Å². The van der Waals surface area contributed by atoms with Crippen molar-refractivity contribution in [2.75, 3.05) is 0 Å². The van der Waals surface area contributed by atoms with Gasteiger partial charge in [-0.2, -0.15) is 5.01 Å². The lowest BCUT2D eigenvalue weighted by Gasteiger charge is -2.19. The third kappa shape index (κ3) is 3.75. The standard InChI is InChI=1S/C24H16Cl2N4O2/c25-19-6-3-4-15(22(19)26)8-9-21(31)30-24(18-14-28-20-7-2-1-5-17(18)20)32-23(29-30)16-10-12-27-13-11-16/h1-14,24,28H/b9-8-. The minimum Gasteiger partial charge on any atom is -0.446 e. The Bertz CT molecular complexity index is 1360. The van der Waals surface area contributed by atoms with Gasteiger partial charge in [0.05, 0.1) is 10.0 Å². The molecule has 3 heterocycles. The van der Waals surface area contributed by atoms with Gasteiger partial charge in [0, 0.05) is 46.7 Å². The molecule has 0 aliphatic carbocycles. The van der Waals surface area contributed by atoms with Crippen LogP contribution in [0.3, 0.4) is 0 Å². The van der Waals surface area contributed by atoms with Crippen LogP contribution in [0, 0.1) is 0 Å². The van der Waals surface area contributed by atoms with Crippen LogP contribution in [0.15, 0.2) is 84.4 Å². The van der Waals surface area contributed by atoms with Gasteiger partial charge in [-0.05, 0) is 35.9 Å². The number of hydrazone groups is 1. The highest BCUT2D eigenvalue weighted by Gasteiger charge is 2.35. The van der Waals surface area contributed by atoms with E-state index in [2.05, 4.69) is 15.1 Å². The Morgan fingerprint density at radius 1 is 1.06 bits per heavy atom. The fraction of sp³-hybridized carbons (Fsp3) is 0.0417. The van der Waals surface area contributed by atoms with E-state index in [1.807, 2.05) is 30.5 Å². The van der Waals surface area contributed by atoms with Crippen molar-refractivity contribution < 1.29 is 9.53 Å². The number of fused-ring (bicyclic) bond motifs is 1. The zero-order chi connectivity index (χ0) is 22.1. The molecule has 0 bridgehead atoms. The summed E-state index contributed by atoms with van der Waals surface area (Å²) in [4.78, 5) is 20.4. The molecule has 1 amide bonds. The zero-order valence-electron chi connectivity index (χ0n) is 16.6. The second-order valence-corrected chi connectivity index (χ2v) is 7.85. The fourth-order valence-corrected chi connectivity index (χ4v) is 3.87.